The second kappa shape index (κ2) is 7.80. The molecular weight excluding hydrogens is 444 g/mol. The second-order valence-corrected chi connectivity index (χ2v) is 8.99. The van der Waals surface area contributed by atoms with E-state index in [0.29, 0.717) is 0 Å². The number of hydrogen-bond donors (Lipinski definition) is 0. The predicted octanol–water partition coefficient (Wildman–Crippen LogP) is 3.28. The van der Waals surface area contributed by atoms with Crippen LogP contribution >= 0.6 is 0 Å². The fraction of sp³-hybridized carbons (Fsp3) is 0.0667. The largest absolute Gasteiger partial charge is 0.212 e. The van der Waals surface area contributed by atoms with Gasteiger partial charge in [0.15, 0.2) is 5.35 Å². The number of nitrogens with zero attached hydrogens (tertiary/aromatic N) is 6. The summed E-state index contributed by atoms with van der Waals surface area (Å²) in [6, 6.07) is 24.9. The van der Waals surface area contributed by atoms with E-state index in [4.69, 9.17) is 10.2 Å². The number of rotatable bonds is 2. The molecule has 7 rings (SSSR count). The van der Waals surface area contributed by atoms with Gasteiger partial charge in [-0.05, 0) is 37.1 Å². The minimum atomic E-state index is 0.800. The summed E-state index contributed by atoms with van der Waals surface area (Å²) in [7, 11) is 0. The molecule has 0 saturated heterocycles. The molecule has 0 spiro atoms. The molecule has 0 fully saturated rings. The van der Waals surface area contributed by atoms with Gasteiger partial charge in [-0.25, -0.2) is 9.36 Å². The minimum Gasteiger partial charge on any atom is -0.212 e. The van der Waals surface area contributed by atoms with E-state index in [1.165, 1.54) is 0 Å². The van der Waals surface area contributed by atoms with Crippen LogP contribution in [0.1, 0.15) is 11.1 Å². The molecule has 0 bridgehead atoms. The summed E-state index contributed by atoms with van der Waals surface area (Å²) in [4.78, 5) is 0. The van der Waals surface area contributed by atoms with E-state index in [9.17, 15) is 0 Å². The van der Waals surface area contributed by atoms with E-state index in [1.807, 2.05) is 51.9 Å². The van der Waals surface area contributed by atoms with Crippen LogP contribution in [0.2, 0.25) is 0 Å². The Morgan fingerprint density at radius 1 is 0.611 bits per heavy atom. The second-order valence-electron chi connectivity index (χ2n) is 8.99. The predicted molar refractivity (Wildman–Crippen MR) is 137 cm³/mol. The summed E-state index contributed by atoms with van der Waals surface area (Å²) in [5.74, 6) is 0. The van der Waals surface area contributed by atoms with E-state index in [0.717, 1.165) is 65.5 Å². The first-order valence-corrected chi connectivity index (χ1v) is 11.9. The van der Waals surface area contributed by atoms with Crippen molar-refractivity contribution >= 4 is 11.1 Å². The molecule has 6 heteroatoms. The molecule has 2 aliphatic carbocycles. The zero-order valence-corrected chi connectivity index (χ0v) is 19.8. The average Bonchev–Trinajstić information content (AvgIpc) is 3.53. The summed E-state index contributed by atoms with van der Waals surface area (Å²) in [6.07, 6.45) is 9.16. The summed E-state index contributed by atoms with van der Waals surface area (Å²) in [6.45, 7) is 4.19. The van der Waals surface area contributed by atoms with Crippen LogP contribution in [0, 0.1) is 41.1 Å². The third-order valence-corrected chi connectivity index (χ3v) is 6.84. The van der Waals surface area contributed by atoms with Gasteiger partial charge in [-0.15, -0.1) is 10.2 Å². The van der Waals surface area contributed by atoms with Gasteiger partial charge in [-0.3, -0.25) is 0 Å². The van der Waals surface area contributed by atoms with Gasteiger partial charge in [-0.2, -0.15) is 0 Å². The van der Waals surface area contributed by atoms with Gasteiger partial charge >= 0.3 is 0 Å². The number of aromatic nitrogens is 6. The van der Waals surface area contributed by atoms with Crippen LogP contribution in [0.4, 0.5) is 0 Å². The molecule has 0 amide bonds. The van der Waals surface area contributed by atoms with Crippen LogP contribution in [0.25, 0.3) is 22.5 Å². The smallest absolute Gasteiger partial charge is 0.178 e. The number of hydrogen-bond acceptors (Lipinski definition) is 4. The molecular formula is C30H21N6+. The van der Waals surface area contributed by atoms with E-state index in [2.05, 4.69) is 78.9 Å². The molecule has 0 unspecified atom stereocenters. The van der Waals surface area contributed by atoms with Gasteiger partial charge < -0.3 is 0 Å². The summed E-state index contributed by atoms with van der Waals surface area (Å²) in [5.41, 5.74) is 6.12. The van der Waals surface area contributed by atoms with Crippen molar-refractivity contribution in [3.63, 3.8) is 0 Å². The first-order chi connectivity index (χ1) is 17.7. The summed E-state index contributed by atoms with van der Waals surface area (Å²) >= 11 is 0. The van der Waals surface area contributed by atoms with Crippen molar-refractivity contribution < 1.29 is 0 Å². The molecule has 2 heterocycles. The van der Waals surface area contributed by atoms with E-state index < -0.39 is 0 Å². The van der Waals surface area contributed by atoms with Gasteiger partial charge in [-0.1, -0.05) is 71.1 Å². The topological polar surface area (TPSA) is 61.4 Å². The Balaban J connectivity index is 1.84. The lowest BCUT2D eigenvalue weighted by Gasteiger charge is -2.07. The molecule has 170 valence electrons. The zero-order chi connectivity index (χ0) is 24.2. The van der Waals surface area contributed by atoms with Gasteiger partial charge in [0.2, 0.25) is 0 Å². The summed E-state index contributed by atoms with van der Waals surface area (Å²) < 4.78 is 3.91. The fourth-order valence-corrected chi connectivity index (χ4v) is 5.08. The van der Waals surface area contributed by atoms with Crippen molar-refractivity contribution in [2.45, 2.75) is 13.8 Å². The van der Waals surface area contributed by atoms with E-state index in [1.54, 1.807) is 0 Å². The third-order valence-electron chi connectivity index (χ3n) is 6.84. The lowest BCUT2D eigenvalue weighted by atomic mass is 9.98. The van der Waals surface area contributed by atoms with E-state index >= 15 is 0 Å². The van der Waals surface area contributed by atoms with Gasteiger partial charge in [0, 0.05) is 16.5 Å². The number of benzene rings is 3. The lowest BCUT2D eigenvalue weighted by Crippen LogP contribution is -2.20. The van der Waals surface area contributed by atoms with Crippen LogP contribution in [0.15, 0.2) is 91.0 Å². The first kappa shape index (κ1) is 20.4. The lowest BCUT2D eigenvalue weighted by molar-refractivity contribution is 0.777. The molecule has 0 radical (unpaired) electrons. The number of allylic oxidation sites excluding steroid dienone is 4. The van der Waals surface area contributed by atoms with Gasteiger partial charge in [0.1, 0.15) is 39.3 Å². The molecule has 0 aliphatic heterocycles. The highest BCUT2D eigenvalue weighted by Gasteiger charge is 2.23. The highest BCUT2D eigenvalue weighted by molar-refractivity contribution is 5.99. The minimum absolute atomic E-state index is 0.800. The molecule has 2 aromatic heterocycles. The van der Waals surface area contributed by atoms with Crippen molar-refractivity contribution in [2.24, 2.45) is 0 Å². The first-order valence-electron chi connectivity index (χ1n) is 11.9. The highest BCUT2D eigenvalue weighted by Crippen LogP contribution is 2.21. The van der Waals surface area contributed by atoms with Crippen molar-refractivity contribution in [1.82, 2.24) is 30.0 Å². The average molecular weight is 466 g/mol. The SMILES string of the molecule is Cc1ccccc1-n1nnc2c1=c1ccccc1=c1c(nnn1-c1ccccc1C)=C1C=C[C+]=CC=21. The molecule has 36 heavy (non-hydrogen) atoms. The van der Waals surface area contributed by atoms with Crippen molar-refractivity contribution in [2.75, 3.05) is 0 Å². The maximum atomic E-state index is 4.71. The maximum Gasteiger partial charge on any atom is 0.178 e. The van der Waals surface area contributed by atoms with Crippen LogP contribution in [0.3, 0.4) is 0 Å². The maximum absolute atomic E-state index is 4.71. The molecule has 3 aromatic carbocycles. The molecule has 0 N–H and O–H groups in total. The Labute approximate surface area is 206 Å². The monoisotopic (exact) mass is 465 g/mol. The number of para-hydroxylation sites is 2. The highest BCUT2D eigenvalue weighted by atomic mass is 15.4. The molecule has 0 atom stereocenters. The Hall–Kier alpha value is -4.93. The standard InChI is InChI=1S/C30H21N6/c1-19-11-3-9-17-25(19)35-29-23-15-7-8-16-24(23)30-28(22-14-6-5-13-21(22)27(29)31-33-35)32-34-36(30)26-18-10-4-12-20(26)2/h3-5,7-18H,1-2H3/q+1. The number of aryl methyl sites for hydroxylation is 2. The molecule has 0 saturated carbocycles. The zero-order valence-electron chi connectivity index (χ0n) is 19.8. The Bertz CT molecular complexity index is 1920. The van der Waals surface area contributed by atoms with E-state index in [-0.39, 0.29) is 0 Å². The molecule has 2 aliphatic rings. The Kier molecular flexibility index (Phi) is 4.43. The van der Waals surface area contributed by atoms with Crippen LogP contribution in [-0.4, -0.2) is 30.0 Å². The summed E-state index contributed by atoms with van der Waals surface area (Å²) in [5, 5.41) is 24.3. The molecule has 6 nitrogen and oxygen atoms in total. The third kappa shape index (κ3) is 2.89. The molecule has 5 aromatic rings. The van der Waals surface area contributed by atoms with Crippen molar-refractivity contribution in [3.05, 3.63) is 140 Å². The normalized spacial score (nSPS) is 13.3. The Morgan fingerprint density at radius 2 is 1.11 bits per heavy atom. The van der Waals surface area contributed by atoms with Gasteiger partial charge in [0.05, 0.1) is 17.5 Å². The quantitative estimate of drug-likeness (QED) is 0.376. The van der Waals surface area contributed by atoms with Crippen LogP contribution in [0.5, 0.6) is 0 Å². The van der Waals surface area contributed by atoms with Gasteiger partial charge in [0.25, 0.3) is 0 Å². The van der Waals surface area contributed by atoms with Crippen molar-refractivity contribution in [1.29, 1.82) is 0 Å². The number of fused-ring (bicyclic) bond motifs is 4. The van der Waals surface area contributed by atoms with Crippen molar-refractivity contribution in [3.8, 4) is 11.4 Å². The van der Waals surface area contributed by atoms with Crippen LogP contribution in [-0.2, 0) is 0 Å². The fourth-order valence-electron chi connectivity index (χ4n) is 5.08. The Morgan fingerprint density at radius 3 is 1.67 bits per heavy atom. The van der Waals surface area contributed by atoms with Crippen LogP contribution < -0.4 is 10.7 Å².